The Bertz CT molecular complexity index is 233. The molecule has 1 amide bonds. The molecule has 1 fully saturated rings. The minimum absolute atomic E-state index is 0.152. The minimum Gasteiger partial charge on any atom is -0.374 e. The molecule has 1 aliphatic rings. The number of primary amides is 1. The first-order chi connectivity index (χ1) is 7.50. The van der Waals surface area contributed by atoms with E-state index in [1.54, 1.807) is 0 Å². The molecule has 0 aliphatic carbocycles. The molecule has 0 bridgehead atoms. The molecule has 2 unspecified atom stereocenters. The molecule has 16 heavy (non-hydrogen) atoms. The van der Waals surface area contributed by atoms with Crippen LogP contribution in [-0.2, 0) is 9.53 Å². The van der Waals surface area contributed by atoms with Crippen LogP contribution >= 0.6 is 0 Å². The van der Waals surface area contributed by atoms with Gasteiger partial charge in [0, 0.05) is 19.6 Å². The van der Waals surface area contributed by atoms with E-state index in [1.807, 2.05) is 13.8 Å². The number of hydrogen-bond acceptors (Lipinski definition) is 4. The number of rotatable bonds is 5. The van der Waals surface area contributed by atoms with Crippen molar-refractivity contribution in [3.8, 4) is 0 Å². The number of amides is 1. The SMILES string of the molecule is CC(C)C(NCC1CN(C)CCO1)C(N)=O. The van der Waals surface area contributed by atoms with Crippen molar-refractivity contribution in [2.75, 3.05) is 33.3 Å². The zero-order valence-electron chi connectivity index (χ0n) is 10.4. The predicted octanol–water partition coefficient (Wildman–Crippen LogP) is -0.583. The lowest BCUT2D eigenvalue weighted by atomic mass is 10.0. The van der Waals surface area contributed by atoms with E-state index in [9.17, 15) is 4.79 Å². The lowest BCUT2D eigenvalue weighted by Gasteiger charge is -2.31. The van der Waals surface area contributed by atoms with Gasteiger partial charge in [-0.05, 0) is 13.0 Å². The predicted molar refractivity (Wildman–Crippen MR) is 63.1 cm³/mol. The molecule has 0 aromatic carbocycles. The minimum atomic E-state index is -0.292. The van der Waals surface area contributed by atoms with Crippen molar-refractivity contribution in [3.05, 3.63) is 0 Å². The van der Waals surface area contributed by atoms with E-state index in [4.69, 9.17) is 10.5 Å². The highest BCUT2D eigenvalue weighted by atomic mass is 16.5. The lowest BCUT2D eigenvalue weighted by molar-refractivity contribution is -0.121. The van der Waals surface area contributed by atoms with Crippen LogP contribution in [0.2, 0.25) is 0 Å². The highest BCUT2D eigenvalue weighted by molar-refractivity contribution is 5.80. The number of nitrogens with zero attached hydrogens (tertiary/aromatic N) is 1. The van der Waals surface area contributed by atoms with Crippen molar-refractivity contribution in [2.45, 2.75) is 26.0 Å². The molecule has 2 atom stereocenters. The van der Waals surface area contributed by atoms with Crippen molar-refractivity contribution in [3.63, 3.8) is 0 Å². The molecule has 0 aromatic rings. The summed E-state index contributed by atoms with van der Waals surface area (Å²) in [5.74, 6) is -0.0852. The molecule has 1 saturated heterocycles. The molecule has 5 nitrogen and oxygen atoms in total. The van der Waals surface area contributed by atoms with Gasteiger partial charge in [-0.1, -0.05) is 13.8 Å². The van der Waals surface area contributed by atoms with E-state index in [0.29, 0.717) is 6.54 Å². The van der Waals surface area contributed by atoms with Crippen LogP contribution in [0, 0.1) is 5.92 Å². The van der Waals surface area contributed by atoms with E-state index < -0.39 is 0 Å². The summed E-state index contributed by atoms with van der Waals surface area (Å²) in [5.41, 5.74) is 5.33. The summed E-state index contributed by atoms with van der Waals surface area (Å²) in [4.78, 5) is 13.4. The van der Waals surface area contributed by atoms with Crippen LogP contribution in [0.1, 0.15) is 13.8 Å². The van der Waals surface area contributed by atoms with Crippen LogP contribution in [-0.4, -0.2) is 56.2 Å². The number of hydrogen-bond donors (Lipinski definition) is 2. The lowest BCUT2D eigenvalue weighted by Crippen LogP contribution is -2.51. The zero-order valence-corrected chi connectivity index (χ0v) is 10.4. The summed E-state index contributed by atoms with van der Waals surface area (Å²) < 4.78 is 5.60. The van der Waals surface area contributed by atoms with E-state index in [0.717, 1.165) is 19.7 Å². The van der Waals surface area contributed by atoms with E-state index >= 15 is 0 Å². The van der Waals surface area contributed by atoms with E-state index in [2.05, 4.69) is 17.3 Å². The summed E-state index contributed by atoms with van der Waals surface area (Å²) in [7, 11) is 2.07. The van der Waals surface area contributed by atoms with Gasteiger partial charge in [-0.25, -0.2) is 0 Å². The largest absolute Gasteiger partial charge is 0.374 e. The quantitative estimate of drug-likeness (QED) is 0.661. The monoisotopic (exact) mass is 229 g/mol. The highest BCUT2D eigenvalue weighted by Gasteiger charge is 2.22. The maximum Gasteiger partial charge on any atom is 0.234 e. The average Bonchev–Trinajstić information content (AvgIpc) is 2.16. The Morgan fingerprint density at radius 1 is 1.62 bits per heavy atom. The molecular weight excluding hydrogens is 206 g/mol. The maximum absolute atomic E-state index is 11.2. The fourth-order valence-corrected chi connectivity index (χ4v) is 1.91. The number of nitrogens with two attached hydrogens (primary N) is 1. The molecule has 0 aromatic heterocycles. The summed E-state index contributed by atoms with van der Waals surface area (Å²) in [6.07, 6.45) is 0.152. The van der Waals surface area contributed by atoms with Gasteiger partial charge < -0.3 is 20.7 Å². The van der Waals surface area contributed by atoms with Crippen molar-refractivity contribution >= 4 is 5.91 Å². The number of likely N-dealkylation sites (N-methyl/N-ethyl adjacent to an activating group) is 1. The number of morpholine rings is 1. The maximum atomic E-state index is 11.2. The van der Waals surface area contributed by atoms with Crippen LogP contribution in [0.25, 0.3) is 0 Å². The van der Waals surface area contributed by atoms with Gasteiger partial charge in [0.05, 0.1) is 18.8 Å². The van der Waals surface area contributed by atoms with Crippen molar-refractivity contribution < 1.29 is 9.53 Å². The van der Waals surface area contributed by atoms with Gasteiger partial charge >= 0.3 is 0 Å². The van der Waals surface area contributed by atoms with Gasteiger partial charge in [0.15, 0.2) is 0 Å². The Kier molecular flexibility index (Phi) is 5.18. The molecule has 3 N–H and O–H groups in total. The van der Waals surface area contributed by atoms with Crippen molar-refractivity contribution in [1.29, 1.82) is 0 Å². The molecule has 94 valence electrons. The summed E-state index contributed by atoms with van der Waals surface area (Å²) in [5, 5.41) is 3.18. The van der Waals surface area contributed by atoms with Gasteiger partial charge in [0.25, 0.3) is 0 Å². The van der Waals surface area contributed by atoms with Crippen LogP contribution in [0.4, 0.5) is 0 Å². The molecule has 1 rings (SSSR count). The number of carbonyl (C=O) groups excluding carboxylic acids is 1. The third kappa shape index (κ3) is 4.08. The Hall–Kier alpha value is -0.650. The normalized spacial score (nSPS) is 24.6. The summed E-state index contributed by atoms with van der Waals surface area (Å²) in [6.45, 7) is 7.27. The Morgan fingerprint density at radius 3 is 2.81 bits per heavy atom. The van der Waals surface area contributed by atoms with Crippen LogP contribution in [0.5, 0.6) is 0 Å². The average molecular weight is 229 g/mol. The molecule has 1 aliphatic heterocycles. The first kappa shape index (κ1) is 13.4. The molecule has 5 heteroatoms. The van der Waals surface area contributed by atoms with Gasteiger partial charge in [0.1, 0.15) is 0 Å². The third-order valence-electron chi connectivity index (χ3n) is 2.88. The summed E-state index contributed by atoms with van der Waals surface area (Å²) >= 11 is 0. The fraction of sp³-hybridized carbons (Fsp3) is 0.909. The zero-order chi connectivity index (χ0) is 12.1. The topological polar surface area (TPSA) is 67.6 Å². The highest BCUT2D eigenvalue weighted by Crippen LogP contribution is 2.04. The second kappa shape index (κ2) is 6.18. The number of nitrogens with one attached hydrogen (secondary N) is 1. The van der Waals surface area contributed by atoms with Crippen molar-refractivity contribution in [2.24, 2.45) is 11.7 Å². The fourth-order valence-electron chi connectivity index (χ4n) is 1.91. The van der Waals surface area contributed by atoms with Gasteiger partial charge in [-0.15, -0.1) is 0 Å². The summed E-state index contributed by atoms with van der Waals surface area (Å²) in [6, 6.07) is -0.268. The van der Waals surface area contributed by atoms with Crippen LogP contribution in [0.3, 0.4) is 0 Å². The number of carbonyl (C=O) groups is 1. The van der Waals surface area contributed by atoms with Gasteiger partial charge in [-0.2, -0.15) is 0 Å². The van der Waals surface area contributed by atoms with E-state index in [-0.39, 0.29) is 24.0 Å². The van der Waals surface area contributed by atoms with E-state index in [1.165, 1.54) is 0 Å². The Labute approximate surface area is 97.3 Å². The third-order valence-corrected chi connectivity index (χ3v) is 2.88. The molecule has 1 heterocycles. The molecular formula is C11H23N3O2. The second-order valence-electron chi connectivity index (χ2n) is 4.79. The number of ether oxygens (including phenoxy) is 1. The Morgan fingerprint density at radius 2 is 2.31 bits per heavy atom. The Balaban J connectivity index is 2.34. The standard InChI is InChI=1S/C11H23N3O2/c1-8(2)10(11(12)15)13-6-9-7-14(3)4-5-16-9/h8-10,13H,4-7H2,1-3H3,(H2,12,15). The first-order valence-electron chi connectivity index (χ1n) is 5.83. The van der Waals surface area contributed by atoms with Crippen LogP contribution in [0.15, 0.2) is 0 Å². The molecule has 0 spiro atoms. The van der Waals surface area contributed by atoms with Gasteiger partial charge in [-0.3, -0.25) is 4.79 Å². The van der Waals surface area contributed by atoms with Crippen molar-refractivity contribution in [1.82, 2.24) is 10.2 Å². The first-order valence-corrected chi connectivity index (χ1v) is 5.83. The molecule has 0 saturated carbocycles. The molecule has 0 radical (unpaired) electrons. The van der Waals surface area contributed by atoms with Crippen LogP contribution < -0.4 is 11.1 Å². The smallest absolute Gasteiger partial charge is 0.234 e. The van der Waals surface area contributed by atoms with Gasteiger partial charge in [0.2, 0.25) is 5.91 Å². The second-order valence-corrected chi connectivity index (χ2v) is 4.79.